The van der Waals surface area contributed by atoms with E-state index in [1.807, 2.05) is 0 Å². The van der Waals surface area contributed by atoms with E-state index < -0.39 is 23.5 Å². The van der Waals surface area contributed by atoms with Crippen LogP contribution in [-0.4, -0.2) is 47.9 Å². The molecular formula is C22H26FN2O4+. The average Bonchev–Trinajstić information content (AvgIpc) is 3.24. The Morgan fingerprint density at radius 2 is 1.79 bits per heavy atom. The maximum atomic E-state index is 13.3. The number of furan rings is 1. The molecule has 1 aliphatic heterocycles. The lowest BCUT2D eigenvalue weighted by Crippen LogP contribution is -3.12. The highest BCUT2D eigenvalue weighted by Crippen LogP contribution is 2.39. The predicted octanol–water partition coefficient (Wildman–Crippen LogP) is 2.07. The maximum absolute atomic E-state index is 13.3. The zero-order valence-electron chi connectivity index (χ0n) is 16.9. The van der Waals surface area contributed by atoms with Crippen molar-refractivity contribution in [3.63, 3.8) is 0 Å². The van der Waals surface area contributed by atoms with E-state index in [0.29, 0.717) is 24.6 Å². The van der Waals surface area contributed by atoms with Crippen LogP contribution >= 0.6 is 0 Å². The van der Waals surface area contributed by atoms with Crippen molar-refractivity contribution in [3.8, 4) is 0 Å². The van der Waals surface area contributed by atoms with E-state index in [2.05, 4.69) is 13.8 Å². The van der Waals surface area contributed by atoms with Crippen molar-refractivity contribution in [2.75, 3.05) is 26.2 Å². The largest absolute Gasteiger partial charge is 0.507 e. The summed E-state index contributed by atoms with van der Waals surface area (Å²) in [4.78, 5) is 28.4. The molecule has 7 heteroatoms. The van der Waals surface area contributed by atoms with E-state index in [4.69, 9.17) is 4.42 Å². The number of nitrogens with one attached hydrogen (secondary N) is 1. The summed E-state index contributed by atoms with van der Waals surface area (Å²) in [6.07, 6.45) is 0. The van der Waals surface area contributed by atoms with Gasteiger partial charge in [0.2, 0.25) is 0 Å². The van der Waals surface area contributed by atoms with Gasteiger partial charge < -0.3 is 19.3 Å². The van der Waals surface area contributed by atoms with Gasteiger partial charge in [0.1, 0.15) is 29.1 Å². The van der Waals surface area contributed by atoms with E-state index in [1.54, 1.807) is 19.1 Å². The highest BCUT2D eigenvalue weighted by atomic mass is 19.1. The van der Waals surface area contributed by atoms with Crippen molar-refractivity contribution in [2.24, 2.45) is 0 Å². The Hall–Kier alpha value is -2.93. The molecule has 1 saturated heterocycles. The topological polar surface area (TPSA) is 75.2 Å². The van der Waals surface area contributed by atoms with Crippen LogP contribution in [0.5, 0.6) is 0 Å². The Labute approximate surface area is 169 Å². The number of aliphatic hydroxyl groups excluding tert-OH is 1. The second-order valence-corrected chi connectivity index (χ2v) is 7.15. The smallest absolute Gasteiger partial charge is 0.295 e. The lowest BCUT2D eigenvalue weighted by Gasteiger charge is -2.25. The molecule has 0 saturated carbocycles. The molecule has 0 radical (unpaired) electrons. The fourth-order valence-electron chi connectivity index (χ4n) is 3.65. The zero-order chi connectivity index (χ0) is 21.1. The second kappa shape index (κ2) is 8.61. The first kappa shape index (κ1) is 20.8. The molecule has 1 aliphatic rings. The van der Waals surface area contributed by atoms with E-state index >= 15 is 0 Å². The molecule has 2 N–H and O–H groups in total. The summed E-state index contributed by atoms with van der Waals surface area (Å²) in [5, 5.41) is 10.8. The van der Waals surface area contributed by atoms with Crippen LogP contribution in [0, 0.1) is 12.7 Å². The summed E-state index contributed by atoms with van der Waals surface area (Å²) < 4.78 is 19.0. The molecule has 1 aromatic carbocycles. The van der Waals surface area contributed by atoms with Gasteiger partial charge in [-0.3, -0.25) is 9.59 Å². The number of carbonyl (C=O) groups excluding carboxylic acids is 2. The predicted molar refractivity (Wildman–Crippen MR) is 106 cm³/mol. The van der Waals surface area contributed by atoms with E-state index in [0.717, 1.165) is 13.1 Å². The number of hydrogen-bond acceptors (Lipinski definition) is 4. The van der Waals surface area contributed by atoms with Crippen LogP contribution in [0.1, 0.15) is 37.0 Å². The number of quaternary nitrogens is 1. The summed E-state index contributed by atoms with van der Waals surface area (Å²) in [7, 11) is 0. The molecule has 2 heterocycles. The van der Waals surface area contributed by atoms with Crippen molar-refractivity contribution in [1.82, 2.24) is 4.90 Å². The molecule has 3 rings (SSSR count). The van der Waals surface area contributed by atoms with E-state index in [-0.39, 0.29) is 16.9 Å². The van der Waals surface area contributed by atoms with Crippen molar-refractivity contribution >= 4 is 17.4 Å². The summed E-state index contributed by atoms with van der Waals surface area (Å²) in [6.45, 7) is 8.74. The molecule has 1 atom stereocenters. The number of likely N-dealkylation sites (N-methyl/N-ethyl adjacent to an activating group) is 1. The molecule has 1 aromatic heterocycles. The third kappa shape index (κ3) is 4.10. The summed E-state index contributed by atoms with van der Waals surface area (Å²) >= 11 is 0. The molecule has 0 bridgehead atoms. The Morgan fingerprint density at radius 1 is 1.14 bits per heavy atom. The highest BCUT2D eigenvalue weighted by molar-refractivity contribution is 6.46. The third-order valence-electron chi connectivity index (χ3n) is 5.39. The minimum atomic E-state index is -0.816. The van der Waals surface area contributed by atoms with Crippen LogP contribution in [0.15, 0.2) is 46.4 Å². The number of rotatable bonds is 7. The summed E-state index contributed by atoms with van der Waals surface area (Å²) in [5.74, 6) is -1.16. The quantitative estimate of drug-likeness (QED) is 0.423. The number of hydrogen-bond donors (Lipinski definition) is 2. The lowest BCUT2D eigenvalue weighted by atomic mass is 9.99. The Bertz CT molecular complexity index is 929. The van der Waals surface area contributed by atoms with Gasteiger partial charge in [0.15, 0.2) is 0 Å². The van der Waals surface area contributed by atoms with Gasteiger partial charge in [0, 0.05) is 5.56 Å². The third-order valence-corrected chi connectivity index (χ3v) is 5.39. The fraction of sp³-hybridized carbons (Fsp3) is 0.364. The Kier molecular flexibility index (Phi) is 6.17. The van der Waals surface area contributed by atoms with Gasteiger partial charge in [-0.2, -0.15) is 0 Å². The highest BCUT2D eigenvalue weighted by Gasteiger charge is 2.47. The number of carbonyl (C=O) groups is 2. The first-order valence-electron chi connectivity index (χ1n) is 9.81. The molecule has 0 spiro atoms. The second-order valence-electron chi connectivity index (χ2n) is 7.15. The average molecular weight is 401 g/mol. The van der Waals surface area contributed by atoms with Crippen molar-refractivity contribution < 1.29 is 28.4 Å². The van der Waals surface area contributed by atoms with Gasteiger partial charge in [0.25, 0.3) is 11.7 Å². The number of amides is 1. The van der Waals surface area contributed by atoms with Gasteiger partial charge in [-0.1, -0.05) is 0 Å². The van der Waals surface area contributed by atoms with Gasteiger partial charge in [-0.15, -0.1) is 0 Å². The molecule has 1 amide bonds. The van der Waals surface area contributed by atoms with Crippen molar-refractivity contribution in [3.05, 3.63) is 64.9 Å². The molecule has 0 aliphatic carbocycles. The molecule has 154 valence electrons. The van der Waals surface area contributed by atoms with Gasteiger partial charge in [-0.25, -0.2) is 4.39 Å². The number of halogens is 1. The van der Waals surface area contributed by atoms with Crippen LogP contribution in [0.3, 0.4) is 0 Å². The number of Topliss-reactive ketones (excluding diaryl/α,β-unsaturated/α-hetero) is 1. The molecular weight excluding hydrogens is 375 g/mol. The monoisotopic (exact) mass is 401 g/mol. The fourth-order valence-corrected chi connectivity index (χ4v) is 3.65. The minimum absolute atomic E-state index is 0.0366. The first-order valence-corrected chi connectivity index (χ1v) is 9.81. The van der Waals surface area contributed by atoms with Crippen LogP contribution in [0.25, 0.3) is 5.76 Å². The standard InChI is InChI=1S/C22H25FN2O4/c1-4-24(5-2)12-13-25-19(17-11-6-14(3)29-17)18(21(27)22(25)28)20(26)15-7-9-16(23)10-8-15/h6-11,19,26H,4-5,12-13H2,1-3H3/p+1/t19-/m1/s1. The molecule has 0 unspecified atom stereocenters. The van der Waals surface area contributed by atoms with E-state index in [1.165, 1.54) is 34.1 Å². The van der Waals surface area contributed by atoms with Gasteiger partial charge in [-0.05, 0) is 57.2 Å². The normalized spacial score (nSPS) is 18.8. The number of aryl methyl sites for hydroxylation is 1. The van der Waals surface area contributed by atoms with Crippen LogP contribution in [-0.2, 0) is 9.59 Å². The number of aliphatic hydroxyl groups is 1. The number of ketones is 1. The van der Waals surface area contributed by atoms with Gasteiger partial charge >= 0.3 is 0 Å². The SMILES string of the molecule is CC[NH+](CC)CCN1C(=O)C(=O)C(=C(O)c2ccc(F)cc2)[C@H]1c1ccc(C)o1. The molecule has 29 heavy (non-hydrogen) atoms. The van der Waals surface area contributed by atoms with Crippen LogP contribution in [0.4, 0.5) is 4.39 Å². The first-order chi connectivity index (χ1) is 13.9. The van der Waals surface area contributed by atoms with Crippen molar-refractivity contribution in [2.45, 2.75) is 26.8 Å². The Morgan fingerprint density at radius 3 is 2.34 bits per heavy atom. The molecule has 2 aromatic rings. The lowest BCUT2D eigenvalue weighted by molar-refractivity contribution is -0.895. The minimum Gasteiger partial charge on any atom is -0.507 e. The number of benzene rings is 1. The summed E-state index contributed by atoms with van der Waals surface area (Å²) in [6, 6.07) is 7.79. The summed E-state index contributed by atoms with van der Waals surface area (Å²) in [5.41, 5.74) is 0.234. The van der Waals surface area contributed by atoms with Crippen LogP contribution in [0.2, 0.25) is 0 Å². The number of likely N-dealkylation sites (tertiary alicyclic amines) is 1. The Balaban J connectivity index is 2.06. The molecule has 1 fully saturated rings. The maximum Gasteiger partial charge on any atom is 0.295 e. The molecule has 6 nitrogen and oxygen atoms in total. The van der Waals surface area contributed by atoms with Gasteiger partial charge in [0.05, 0.1) is 31.8 Å². The van der Waals surface area contributed by atoms with E-state index in [9.17, 15) is 19.1 Å². The van der Waals surface area contributed by atoms with Crippen LogP contribution < -0.4 is 4.90 Å². The van der Waals surface area contributed by atoms with Crippen molar-refractivity contribution in [1.29, 1.82) is 0 Å². The number of nitrogens with zero attached hydrogens (tertiary/aromatic N) is 1. The zero-order valence-corrected chi connectivity index (χ0v) is 16.9.